The van der Waals surface area contributed by atoms with Crippen LogP contribution in [-0.2, 0) is 6.54 Å². The predicted octanol–water partition coefficient (Wildman–Crippen LogP) is 1.47. The summed E-state index contributed by atoms with van der Waals surface area (Å²) in [6.45, 7) is 0.506. The van der Waals surface area contributed by atoms with Gasteiger partial charge in [-0.2, -0.15) is 4.98 Å². The van der Waals surface area contributed by atoms with Crippen LogP contribution in [0.5, 0.6) is 11.6 Å². The SMILES string of the molecule is COc1ccccc1Cn1c(N)nc2c(OC)ncnc21. The van der Waals surface area contributed by atoms with E-state index < -0.39 is 0 Å². The Hall–Kier alpha value is -2.83. The summed E-state index contributed by atoms with van der Waals surface area (Å²) in [5.74, 6) is 1.56. The lowest BCUT2D eigenvalue weighted by Gasteiger charge is -2.10. The van der Waals surface area contributed by atoms with Crippen molar-refractivity contribution in [3.8, 4) is 11.6 Å². The highest BCUT2D eigenvalue weighted by atomic mass is 16.5. The van der Waals surface area contributed by atoms with E-state index in [1.165, 1.54) is 13.4 Å². The van der Waals surface area contributed by atoms with E-state index >= 15 is 0 Å². The number of nitrogens with zero attached hydrogens (tertiary/aromatic N) is 4. The second-order valence-corrected chi connectivity index (χ2v) is 4.42. The van der Waals surface area contributed by atoms with Crippen LogP contribution in [0.15, 0.2) is 30.6 Å². The number of nitrogens with two attached hydrogens (primary N) is 1. The lowest BCUT2D eigenvalue weighted by atomic mass is 10.2. The van der Waals surface area contributed by atoms with Crippen LogP contribution in [-0.4, -0.2) is 33.7 Å². The molecular weight excluding hydrogens is 270 g/mol. The molecule has 21 heavy (non-hydrogen) atoms. The molecule has 108 valence electrons. The third kappa shape index (κ3) is 2.22. The molecule has 0 bridgehead atoms. The van der Waals surface area contributed by atoms with Gasteiger partial charge in [0.2, 0.25) is 11.8 Å². The van der Waals surface area contributed by atoms with Crippen molar-refractivity contribution in [3.63, 3.8) is 0 Å². The Morgan fingerprint density at radius 3 is 2.71 bits per heavy atom. The minimum absolute atomic E-state index is 0.356. The van der Waals surface area contributed by atoms with Crippen LogP contribution < -0.4 is 15.2 Å². The number of nitrogen functional groups attached to an aromatic ring is 1. The molecular formula is C14H15N5O2. The number of aromatic nitrogens is 4. The van der Waals surface area contributed by atoms with Gasteiger partial charge in [0.25, 0.3) is 0 Å². The van der Waals surface area contributed by atoms with Crippen LogP contribution in [0.25, 0.3) is 11.2 Å². The minimum Gasteiger partial charge on any atom is -0.496 e. The molecule has 0 unspecified atom stereocenters. The molecule has 0 amide bonds. The van der Waals surface area contributed by atoms with E-state index in [0.717, 1.165) is 11.3 Å². The first-order valence-corrected chi connectivity index (χ1v) is 6.37. The van der Waals surface area contributed by atoms with Crippen molar-refractivity contribution >= 4 is 17.1 Å². The molecule has 3 aromatic rings. The summed E-state index contributed by atoms with van der Waals surface area (Å²) in [6, 6.07) is 7.74. The van der Waals surface area contributed by atoms with Crippen molar-refractivity contribution in [1.29, 1.82) is 0 Å². The number of hydrogen-bond acceptors (Lipinski definition) is 6. The molecule has 0 aliphatic heterocycles. The number of fused-ring (bicyclic) bond motifs is 1. The molecule has 0 radical (unpaired) electrons. The monoisotopic (exact) mass is 285 g/mol. The molecule has 2 N–H and O–H groups in total. The molecule has 0 atom stereocenters. The van der Waals surface area contributed by atoms with Gasteiger partial charge in [0.1, 0.15) is 12.1 Å². The van der Waals surface area contributed by atoms with E-state index in [4.69, 9.17) is 15.2 Å². The Balaban J connectivity index is 2.11. The normalized spacial score (nSPS) is 10.8. The van der Waals surface area contributed by atoms with Gasteiger partial charge in [-0.15, -0.1) is 0 Å². The zero-order valence-electron chi connectivity index (χ0n) is 11.8. The Bertz CT molecular complexity index is 784. The maximum Gasteiger partial charge on any atom is 0.245 e. The van der Waals surface area contributed by atoms with E-state index in [0.29, 0.717) is 29.5 Å². The maximum atomic E-state index is 6.00. The molecule has 0 saturated carbocycles. The summed E-state index contributed by atoms with van der Waals surface area (Å²) in [5, 5.41) is 0. The summed E-state index contributed by atoms with van der Waals surface area (Å²) >= 11 is 0. The molecule has 7 nitrogen and oxygen atoms in total. The first-order valence-electron chi connectivity index (χ1n) is 6.37. The highest BCUT2D eigenvalue weighted by Crippen LogP contribution is 2.26. The topological polar surface area (TPSA) is 88.1 Å². The van der Waals surface area contributed by atoms with Gasteiger partial charge in [0, 0.05) is 5.56 Å². The predicted molar refractivity (Wildman–Crippen MR) is 78.4 cm³/mol. The first kappa shape index (κ1) is 13.2. The molecule has 0 saturated heterocycles. The number of ether oxygens (including phenoxy) is 2. The fourth-order valence-corrected chi connectivity index (χ4v) is 2.24. The van der Waals surface area contributed by atoms with Crippen LogP contribution in [0.2, 0.25) is 0 Å². The molecule has 1 aromatic carbocycles. The van der Waals surface area contributed by atoms with Gasteiger partial charge in [0.15, 0.2) is 11.2 Å². The van der Waals surface area contributed by atoms with E-state index in [1.54, 1.807) is 11.7 Å². The number of imidazole rings is 1. The van der Waals surface area contributed by atoms with Crippen LogP contribution in [0, 0.1) is 0 Å². The number of rotatable bonds is 4. The van der Waals surface area contributed by atoms with Crippen molar-refractivity contribution in [1.82, 2.24) is 19.5 Å². The number of benzene rings is 1. The van der Waals surface area contributed by atoms with Crippen molar-refractivity contribution in [2.75, 3.05) is 20.0 Å². The first-order chi connectivity index (χ1) is 10.2. The number of para-hydroxylation sites is 1. The molecule has 2 aromatic heterocycles. The number of methoxy groups -OCH3 is 2. The summed E-state index contributed by atoms with van der Waals surface area (Å²) in [5.41, 5.74) is 8.17. The lowest BCUT2D eigenvalue weighted by Crippen LogP contribution is -2.06. The Morgan fingerprint density at radius 2 is 1.95 bits per heavy atom. The van der Waals surface area contributed by atoms with Crippen molar-refractivity contribution < 1.29 is 9.47 Å². The molecule has 7 heteroatoms. The fraction of sp³-hybridized carbons (Fsp3) is 0.214. The molecule has 0 aliphatic rings. The number of anilines is 1. The Morgan fingerprint density at radius 1 is 1.14 bits per heavy atom. The van der Waals surface area contributed by atoms with Gasteiger partial charge in [-0.3, -0.25) is 4.57 Å². The van der Waals surface area contributed by atoms with Gasteiger partial charge in [0.05, 0.1) is 20.8 Å². The van der Waals surface area contributed by atoms with Gasteiger partial charge < -0.3 is 15.2 Å². The van der Waals surface area contributed by atoms with Crippen LogP contribution >= 0.6 is 0 Å². The van der Waals surface area contributed by atoms with E-state index in [2.05, 4.69) is 15.0 Å². The average molecular weight is 285 g/mol. The number of hydrogen-bond donors (Lipinski definition) is 1. The second-order valence-electron chi connectivity index (χ2n) is 4.42. The molecule has 0 spiro atoms. The largest absolute Gasteiger partial charge is 0.496 e. The maximum absolute atomic E-state index is 6.00. The second kappa shape index (κ2) is 5.28. The summed E-state index contributed by atoms with van der Waals surface area (Å²) in [6.07, 6.45) is 1.43. The highest BCUT2D eigenvalue weighted by molar-refractivity contribution is 5.79. The van der Waals surface area contributed by atoms with E-state index in [9.17, 15) is 0 Å². The van der Waals surface area contributed by atoms with Gasteiger partial charge in [-0.05, 0) is 6.07 Å². The third-order valence-electron chi connectivity index (χ3n) is 3.24. The Kier molecular flexibility index (Phi) is 3.31. The smallest absolute Gasteiger partial charge is 0.245 e. The molecule has 3 rings (SSSR count). The minimum atomic E-state index is 0.356. The van der Waals surface area contributed by atoms with Crippen LogP contribution in [0.3, 0.4) is 0 Å². The van der Waals surface area contributed by atoms with Crippen molar-refractivity contribution in [2.45, 2.75) is 6.54 Å². The average Bonchev–Trinajstić information content (AvgIpc) is 2.84. The van der Waals surface area contributed by atoms with Gasteiger partial charge in [-0.25, -0.2) is 9.97 Å². The summed E-state index contributed by atoms with van der Waals surface area (Å²) in [4.78, 5) is 12.6. The fourth-order valence-electron chi connectivity index (χ4n) is 2.24. The van der Waals surface area contributed by atoms with Crippen LogP contribution in [0.4, 0.5) is 5.95 Å². The van der Waals surface area contributed by atoms with Gasteiger partial charge >= 0.3 is 0 Å². The quantitative estimate of drug-likeness (QED) is 0.781. The third-order valence-corrected chi connectivity index (χ3v) is 3.24. The summed E-state index contributed by atoms with van der Waals surface area (Å²) < 4.78 is 12.3. The van der Waals surface area contributed by atoms with Gasteiger partial charge in [-0.1, -0.05) is 18.2 Å². The Labute approximate surface area is 121 Å². The van der Waals surface area contributed by atoms with E-state index in [-0.39, 0.29) is 0 Å². The van der Waals surface area contributed by atoms with Crippen molar-refractivity contribution in [2.24, 2.45) is 0 Å². The van der Waals surface area contributed by atoms with E-state index in [1.807, 2.05) is 24.3 Å². The molecule has 2 heterocycles. The van der Waals surface area contributed by atoms with Crippen LogP contribution in [0.1, 0.15) is 5.56 Å². The zero-order chi connectivity index (χ0) is 14.8. The summed E-state index contributed by atoms with van der Waals surface area (Å²) in [7, 11) is 3.18. The lowest BCUT2D eigenvalue weighted by molar-refractivity contribution is 0.401. The zero-order valence-corrected chi connectivity index (χ0v) is 11.8. The highest BCUT2D eigenvalue weighted by Gasteiger charge is 2.15. The standard InChI is InChI=1S/C14H15N5O2/c1-20-10-6-4-3-5-9(10)7-19-12-11(18-14(19)15)13(21-2)17-8-16-12/h3-6,8H,7H2,1-2H3,(H2,15,18). The molecule has 0 aliphatic carbocycles. The molecule has 0 fully saturated rings. The van der Waals surface area contributed by atoms with Crippen molar-refractivity contribution in [3.05, 3.63) is 36.2 Å².